The SMILES string of the molecule is CCCCCCCCCCC(=O)ONC. The van der Waals surface area contributed by atoms with Gasteiger partial charge in [0.15, 0.2) is 0 Å². The highest BCUT2D eigenvalue weighted by molar-refractivity contribution is 5.68. The first-order valence-corrected chi connectivity index (χ1v) is 6.17. The van der Waals surface area contributed by atoms with Crippen LogP contribution in [0, 0.1) is 0 Å². The third kappa shape index (κ3) is 11.4. The molecule has 0 saturated heterocycles. The van der Waals surface area contributed by atoms with E-state index in [4.69, 9.17) is 0 Å². The molecule has 15 heavy (non-hydrogen) atoms. The van der Waals surface area contributed by atoms with Gasteiger partial charge < -0.3 is 4.84 Å². The summed E-state index contributed by atoms with van der Waals surface area (Å²) >= 11 is 0. The molecule has 0 aromatic carbocycles. The molecular weight excluding hydrogens is 190 g/mol. The molecule has 0 aliphatic rings. The van der Waals surface area contributed by atoms with Crippen LogP contribution in [0.15, 0.2) is 0 Å². The second-order valence-electron chi connectivity index (χ2n) is 3.90. The summed E-state index contributed by atoms with van der Waals surface area (Å²) < 4.78 is 0. The minimum Gasteiger partial charge on any atom is -0.371 e. The molecule has 90 valence electrons. The quantitative estimate of drug-likeness (QED) is 0.449. The van der Waals surface area contributed by atoms with Gasteiger partial charge in [-0.3, -0.25) is 4.79 Å². The van der Waals surface area contributed by atoms with E-state index in [1.807, 2.05) is 0 Å². The molecule has 0 atom stereocenters. The standard InChI is InChI=1S/C12H25NO2/c1-3-4-5-6-7-8-9-10-11-12(14)15-13-2/h13H,3-11H2,1-2H3. The second-order valence-corrected chi connectivity index (χ2v) is 3.90. The highest BCUT2D eigenvalue weighted by Crippen LogP contribution is 2.09. The molecule has 3 heteroatoms. The minimum atomic E-state index is -0.150. The number of nitrogens with one attached hydrogen (secondary N) is 1. The molecule has 0 amide bonds. The molecule has 0 aromatic heterocycles. The van der Waals surface area contributed by atoms with Crippen LogP contribution in [-0.4, -0.2) is 13.0 Å². The van der Waals surface area contributed by atoms with Crippen LogP contribution in [0.2, 0.25) is 0 Å². The number of hydrogen-bond acceptors (Lipinski definition) is 3. The van der Waals surface area contributed by atoms with Gasteiger partial charge in [-0.25, -0.2) is 0 Å². The topological polar surface area (TPSA) is 38.3 Å². The van der Waals surface area contributed by atoms with Crippen molar-refractivity contribution in [2.75, 3.05) is 7.05 Å². The van der Waals surface area contributed by atoms with Crippen molar-refractivity contribution in [2.45, 2.75) is 64.7 Å². The van der Waals surface area contributed by atoms with Crippen LogP contribution >= 0.6 is 0 Å². The molecular formula is C12H25NO2. The molecule has 0 aromatic rings. The molecule has 0 bridgehead atoms. The first-order chi connectivity index (χ1) is 7.31. The van der Waals surface area contributed by atoms with Crippen molar-refractivity contribution in [1.29, 1.82) is 0 Å². The van der Waals surface area contributed by atoms with E-state index >= 15 is 0 Å². The summed E-state index contributed by atoms with van der Waals surface area (Å²) in [5.74, 6) is -0.150. The fourth-order valence-corrected chi connectivity index (χ4v) is 1.57. The van der Waals surface area contributed by atoms with E-state index in [-0.39, 0.29) is 5.97 Å². The van der Waals surface area contributed by atoms with E-state index in [1.165, 1.54) is 38.5 Å². The van der Waals surface area contributed by atoms with Crippen LogP contribution in [0.1, 0.15) is 64.7 Å². The number of unbranched alkanes of at least 4 members (excludes halogenated alkanes) is 7. The van der Waals surface area contributed by atoms with Gasteiger partial charge in [0.1, 0.15) is 0 Å². The third-order valence-electron chi connectivity index (χ3n) is 2.45. The summed E-state index contributed by atoms with van der Waals surface area (Å²) in [6, 6.07) is 0. The van der Waals surface area contributed by atoms with Crippen molar-refractivity contribution in [1.82, 2.24) is 5.48 Å². The van der Waals surface area contributed by atoms with Gasteiger partial charge in [0.05, 0.1) is 0 Å². The Kier molecular flexibility index (Phi) is 11.1. The fraction of sp³-hybridized carbons (Fsp3) is 0.917. The van der Waals surface area contributed by atoms with E-state index in [1.54, 1.807) is 7.05 Å². The number of hydroxylamine groups is 1. The van der Waals surface area contributed by atoms with Crippen molar-refractivity contribution in [2.24, 2.45) is 0 Å². The predicted octanol–water partition coefficient (Wildman–Crippen LogP) is 3.19. The van der Waals surface area contributed by atoms with Gasteiger partial charge >= 0.3 is 5.97 Å². The summed E-state index contributed by atoms with van der Waals surface area (Å²) in [6.07, 6.45) is 10.5. The van der Waals surface area contributed by atoms with E-state index < -0.39 is 0 Å². The van der Waals surface area contributed by atoms with Crippen molar-refractivity contribution in [3.05, 3.63) is 0 Å². The zero-order valence-corrected chi connectivity index (χ0v) is 10.2. The minimum absolute atomic E-state index is 0.150. The van der Waals surface area contributed by atoms with Crippen LogP contribution in [0.25, 0.3) is 0 Å². The zero-order chi connectivity index (χ0) is 11.4. The molecule has 1 N–H and O–H groups in total. The van der Waals surface area contributed by atoms with Crippen molar-refractivity contribution in [3.63, 3.8) is 0 Å². The molecule has 0 aliphatic heterocycles. The maximum atomic E-state index is 10.9. The van der Waals surface area contributed by atoms with E-state index in [2.05, 4.69) is 17.2 Å². The van der Waals surface area contributed by atoms with Gasteiger partial charge in [0.25, 0.3) is 0 Å². The molecule has 0 aliphatic carbocycles. The highest BCUT2D eigenvalue weighted by atomic mass is 16.7. The summed E-state index contributed by atoms with van der Waals surface area (Å²) in [6.45, 7) is 2.23. The molecule has 0 rings (SSSR count). The lowest BCUT2D eigenvalue weighted by molar-refractivity contribution is -0.150. The monoisotopic (exact) mass is 215 g/mol. The van der Waals surface area contributed by atoms with E-state index in [0.717, 1.165) is 12.8 Å². The normalized spacial score (nSPS) is 10.3. The second kappa shape index (κ2) is 11.5. The number of hydrogen-bond donors (Lipinski definition) is 1. The van der Waals surface area contributed by atoms with Crippen LogP contribution in [-0.2, 0) is 9.63 Å². The van der Waals surface area contributed by atoms with Gasteiger partial charge in [-0.05, 0) is 6.42 Å². The summed E-state index contributed by atoms with van der Waals surface area (Å²) in [7, 11) is 1.60. The zero-order valence-electron chi connectivity index (χ0n) is 10.2. The summed E-state index contributed by atoms with van der Waals surface area (Å²) in [5.41, 5.74) is 2.39. The molecule has 0 spiro atoms. The Morgan fingerprint density at radius 1 is 1.00 bits per heavy atom. The lowest BCUT2D eigenvalue weighted by Crippen LogP contribution is -2.14. The number of carbonyl (C=O) groups excluding carboxylic acids is 1. The van der Waals surface area contributed by atoms with Crippen molar-refractivity contribution < 1.29 is 9.63 Å². The molecule has 0 radical (unpaired) electrons. The Bertz CT molecular complexity index is 149. The maximum Gasteiger partial charge on any atom is 0.324 e. The van der Waals surface area contributed by atoms with Gasteiger partial charge in [0.2, 0.25) is 0 Å². The first kappa shape index (κ1) is 14.4. The highest BCUT2D eigenvalue weighted by Gasteiger charge is 2.00. The Labute approximate surface area is 93.5 Å². The van der Waals surface area contributed by atoms with E-state index in [9.17, 15) is 4.79 Å². The first-order valence-electron chi connectivity index (χ1n) is 6.17. The number of carbonyl (C=O) groups is 1. The molecule has 3 nitrogen and oxygen atoms in total. The predicted molar refractivity (Wildman–Crippen MR) is 62.4 cm³/mol. The molecule has 0 unspecified atom stereocenters. The van der Waals surface area contributed by atoms with E-state index in [0.29, 0.717) is 6.42 Å². The lowest BCUT2D eigenvalue weighted by Gasteiger charge is -2.02. The van der Waals surface area contributed by atoms with Gasteiger partial charge in [-0.1, -0.05) is 51.9 Å². The van der Waals surface area contributed by atoms with Gasteiger partial charge in [0, 0.05) is 13.5 Å². The molecule has 0 heterocycles. The smallest absolute Gasteiger partial charge is 0.324 e. The Balaban J connectivity index is 3.01. The number of rotatable bonds is 10. The van der Waals surface area contributed by atoms with Crippen molar-refractivity contribution >= 4 is 5.97 Å². The van der Waals surface area contributed by atoms with Crippen LogP contribution in [0.3, 0.4) is 0 Å². The van der Waals surface area contributed by atoms with Crippen LogP contribution in [0.4, 0.5) is 0 Å². The lowest BCUT2D eigenvalue weighted by atomic mass is 10.1. The average molecular weight is 215 g/mol. The summed E-state index contributed by atoms with van der Waals surface area (Å²) in [5, 5.41) is 0. The van der Waals surface area contributed by atoms with Crippen LogP contribution in [0.5, 0.6) is 0 Å². The maximum absolute atomic E-state index is 10.9. The molecule has 0 fully saturated rings. The van der Waals surface area contributed by atoms with Crippen molar-refractivity contribution in [3.8, 4) is 0 Å². The molecule has 0 saturated carbocycles. The summed E-state index contributed by atoms with van der Waals surface area (Å²) in [4.78, 5) is 15.5. The van der Waals surface area contributed by atoms with Gasteiger partial charge in [-0.15, -0.1) is 0 Å². The largest absolute Gasteiger partial charge is 0.371 e. The van der Waals surface area contributed by atoms with Crippen LogP contribution < -0.4 is 5.48 Å². The third-order valence-corrected chi connectivity index (χ3v) is 2.45. The Morgan fingerprint density at radius 2 is 1.53 bits per heavy atom. The fourth-order valence-electron chi connectivity index (χ4n) is 1.57. The van der Waals surface area contributed by atoms with Gasteiger partial charge in [-0.2, -0.15) is 5.48 Å². The Hall–Kier alpha value is -0.570. The average Bonchev–Trinajstić information content (AvgIpc) is 2.22. The Morgan fingerprint density at radius 3 is 2.07 bits per heavy atom.